The highest BCUT2D eigenvalue weighted by Crippen LogP contribution is 2.50. The second-order valence-electron chi connectivity index (χ2n) is 8.28. The van der Waals surface area contributed by atoms with Crippen LogP contribution in [0.3, 0.4) is 0 Å². The van der Waals surface area contributed by atoms with Crippen molar-refractivity contribution < 1.29 is 0 Å². The average Bonchev–Trinajstić information content (AvgIpc) is 2.93. The molecule has 0 spiro atoms. The van der Waals surface area contributed by atoms with E-state index in [1.807, 2.05) is 12.4 Å². The molecule has 5 aromatic carbocycles. The van der Waals surface area contributed by atoms with Gasteiger partial charge in [-0.05, 0) is 44.5 Å². The molecule has 0 fully saturated rings. The minimum Gasteiger partial charge on any atom is -0.158 e. The fraction of sp³-hybridized carbons (Fsp3) is 0. The second kappa shape index (κ2) is 8.76. The molecule has 2 heteroatoms. The van der Waals surface area contributed by atoms with Gasteiger partial charge in [0.15, 0.2) is 0 Å². The monoisotopic (exact) mass is 434 g/mol. The van der Waals surface area contributed by atoms with Crippen molar-refractivity contribution in [1.82, 2.24) is 10.2 Å². The lowest BCUT2D eigenvalue weighted by atomic mass is 9.79. The van der Waals surface area contributed by atoms with Crippen LogP contribution >= 0.6 is 0 Å². The second-order valence-corrected chi connectivity index (χ2v) is 8.28. The lowest BCUT2D eigenvalue weighted by Gasteiger charge is -2.23. The summed E-state index contributed by atoms with van der Waals surface area (Å²) in [5, 5.41) is 10.8. The van der Waals surface area contributed by atoms with Crippen molar-refractivity contribution in [3.05, 3.63) is 134 Å². The molecule has 1 heterocycles. The zero-order valence-corrected chi connectivity index (χ0v) is 18.6. The molecular weight excluding hydrogens is 412 g/mol. The van der Waals surface area contributed by atoms with Gasteiger partial charge in [0.2, 0.25) is 0 Å². The molecule has 2 nitrogen and oxygen atoms in total. The zero-order chi connectivity index (χ0) is 22.7. The van der Waals surface area contributed by atoms with Crippen molar-refractivity contribution in [3.8, 4) is 44.5 Å². The van der Waals surface area contributed by atoms with E-state index < -0.39 is 0 Å². The summed E-state index contributed by atoms with van der Waals surface area (Å²) >= 11 is 0. The summed E-state index contributed by atoms with van der Waals surface area (Å²) in [5.74, 6) is 0. The third-order valence-electron chi connectivity index (χ3n) is 6.27. The summed E-state index contributed by atoms with van der Waals surface area (Å²) in [7, 11) is 0. The number of hydrogen-bond donors (Lipinski definition) is 0. The Labute approximate surface area is 199 Å². The van der Waals surface area contributed by atoms with E-state index >= 15 is 0 Å². The van der Waals surface area contributed by atoms with Crippen molar-refractivity contribution in [2.45, 2.75) is 0 Å². The maximum absolute atomic E-state index is 4.32. The Bertz CT molecular complexity index is 1440. The zero-order valence-electron chi connectivity index (χ0n) is 18.6. The van der Waals surface area contributed by atoms with Crippen molar-refractivity contribution in [2.75, 3.05) is 0 Å². The van der Waals surface area contributed by atoms with Gasteiger partial charge in [-0.1, -0.05) is 121 Å². The van der Waals surface area contributed by atoms with Crippen molar-refractivity contribution in [2.24, 2.45) is 0 Å². The average molecular weight is 435 g/mol. The summed E-state index contributed by atoms with van der Waals surface area (Å²) < 4.78 is 0. The fourth-order valence-corrected chi connectivity index (χ4v) is 4.84. The third-order valence-corrected chi connectivity index (χ3v) is 6.27. The normalized spacial score (nSPS) is 10.9. The number of benzene rings is 5. The van der Waals surface area contributed by atoms with E-state index in [0.29, 0.717) is 0 Å². The summed E-state index contributed by atoms with van der Waals surface area (Å²) in [4.78, 5) is 0. The summed E-state index contributed by atoms with van der Waals surface area (Å²) in [6.45, 7) is 0. The van der Waals surface area contributed by atoms with Gasteiger partial charge in [0.05, 0.1) is 12.4 Å². The highest BCUT2D eigenvalue weighted by atomic mass is 15.1. The molecule has 1 aromatic heterocycles. The van der Waals surface area contributed by atoms with Gasteiger partial charge >= 0.3 is 0 Å². The van der Waals surface area contributed by atoms with E-state index in [9.17, 15) is 0 Å². The number of aromatic nitrogens is 2. The Morgan fingerprint density at radius 1 is 0.294 bits per heavy atom. The van der Waals surface area contributed by atoms with Gasteiger partial charge in [0.25, 0.3) is 0 Å². The van der Waals surface area contributed by atoms with Crippen molar-refractivity contribution in [1.29, 1.82) is 0 Å². The molecule has 0 aliphatic rings. The fourth-order valence-electron chi connectivity index (χ4n) is 4.84. The van der Waals surface area contributed by atoms with Gasteiger partial charge < -0.3 is 0 Å². The molecule has 6 aromatic rings. The van der Waals surface area contributed by atoms with Gasteiger partial charge in [-0.2, -0.15) is 10.2 Å². The van der Waals surface area contributed by atoms with Crippen LogP contribution in [0.25, 0.3) is 55.3 Å². The van der Waals surface area contributed by atoms with Crippen LogP contribution in [0.1, 0.15) is 0 Å². The van der Waals surface area contributed by atoms with Gasteiger partial charge in [0, 0.05) is 10.8 Å². The van der Waals surface area contributed by atoms with Gasteiger partial charge in [-0.3, -0.25) is 0 Å². The largest absolute Gasteiger partial charge is 0.158 e. The first-order chi connectivity index (χ1) is 16.9. The highest BCUT2D eigenvalue weighted by Gasteiger charge is 2.23. The number of nitrogens with zero attached hydrogens (tertiary/aromatic N) is 2. The minimum absolute atomic E-state index is 1.10. The molecule has 34 heavy (non-hydrogen) atoms. The van der Waals surface area contributed by atoms with E-state index in [4.69, 9.17) is 0 Å². The Morgan fingerprint density at radius 3 is 0.853 bits per heavy atom. The molecule has 0 unspecified atom stereocenters. The molecule has 6 rings (SSSR count). The number of hydrogen-bond acceptors (Lipinski definition) is 2. The summed E-state index contributed by atoms with van der Waals surface area (Å²) in [5.41, 5.74) is 9.44. The number of fused-ring (bicyclic) bond motifs is 1. The van der Waals surface area contributed by atoms with E-state index in [-0.39, 0.29) is 0 Å². The lowest BCUT2D eigenvalue weighted by Crippen LogP contribution is -1.98. The van der Waals surface area contributed by atoms with E-state index in [0.717, 1.165) is 21.9 Å². The van der Waals surface area contributed by atoms with Crippen molar-refractivity contribution >= 4 is 10.8 Å². The molecule has 0 aliphatic heterocycles. The third kappa shape index (κ3) is 3.46. The van der Waals surface area contributed by atoms with Crippen LogP contribution in [0.15, 0.2) is 134 Å². The maximum atomic E-state index is 4.32. The van der Waals surface area contributed by atoms with E-state index in [1.54, 1.807) is 0 Å². The van der Waals surface area contributed by atoms with Crippen LogP contribution in [0, 0.1) is 0 Å². The Balaban J connectivity index is 1.90. The molecule has 0 radical (unpaired) electrons. The van der Waals surface area contributed by atoms with Crippen LogP contribution in [0.2, 0.25) is 0 Å². The Morgan fingerprint density at radius 2 is 0.559 bits per heavy atom. The van der Waals surface area contributed by atoms with E-state index in [1.165, 1.54) is 33.4 Å². The molecule has 0 N–H and O–H groups in total. The van der Waals surface area contributed by atoms with Crippen LogP contribution in [0.5, 0.6) is 0 Å². The lowest BCUT2D eigenvalue weighted by molar-refractivity contribution is 1.05. The van der Waals surface area contributed by atoms with Crippen LogP contribution in [0.4, 0.5) is 0 Å². The highest BCUT2D eigenvalue weighted by molar-refractivity contribution is 6.17. The van der Waals surface area contributed by atoms with Crippen molar-refractivity contribution in [3.63, 3.8) is 0 Å². The van der Waals surface area contributed by atoms with Gasteiger partial charge in [-0.15, -0.1) is 0 Å². The molecule has 0 aliphatic carbocycles. The van der Waals surface area contributed by atoms with Crippen LogP contribution in [-0.4, -0.2) is 10.2 Å². The Kier molecular flexibility index (Phi) is 5.17. The number of rotatable bonds is 4. The predicted octanol–water partition coefficient (Wildman–Crippen LogP) is 8.30. The smallest absolute Gasteiger partial charge is 0.0581 e. The maximum Gasteiger partial charge on any atom is 0.0581 e. The van der Waals surface area contributed by atoms with Crippen LogP contribution < -0.4 is 0 Å². The molecule has 0 saturated heterocycles. The quantitative estimate of drug-likeness (QED) is 0.279. The molecule has 0 bridgehead atoms. The molecule has 0 saturated carbocycles. The molecule has 0 amide bonds. The summed E-state index contributed by atoms with van der Waals surface area (Å²) in [6.07, 6.45) is 3.82. The minimum atomic E-state index is 1.10. The summed E-state index contributed by atoms with van der Waals surface area (Å²) in [6, 6.07) is 42.6. The topological polar surface area (TPSA) is 25.8 Å². The molecule has 160 valence electrons. The van der Waals surface area contributed by atoms with Gasteiger partial charge in [-0.25, -0.2) is 0 Å². The SMILES string of the molecule is c1ccc(-c2c(-c3ccccc3)c(-c3ccccc3)c3cnncc3c2-c2ccccc2)cc1. The predicted molar refractivity (Wildman–Crippen MR) is 141 cm³/mol. The standard InChI is InChI=1S/C32H22N2/c1-5-13-23(14-6-1)29-27-21-33-34-22-28(27)30(24-15-7-2-8-16-24)32(26-19-11-4-12-20-26)31(29)25-17-9-3-10-18-25/h1-22H. The molecular formula is C32H22N2. The van der Waals surface area contributed by atoms with Crippen LogP contribution in [-0.2, 0) is 0 Å². The first kappa shape index (κ1) is 20.1. The van der Waals surface area contributed by atoms with Gasteiger partial charge in [0.1, 0.15) is 0 Å². The van der Waals surface area contributed by atoms with E-state index in [2.05, 4.69) is 132 Å². The first-order valence-electron chi connectivity index (χ1n) is 11.4. The first-order valence-corrected chi connectivity index (χ1v) is 11.4. The molecule has 0 atom stereocenters. The Hall–Kier alpha value is -4.56.